The Morgan fingerprint density at radius 1 is 1.44 bits per heavy atom. The molecule has 1 aliphatic heterocycles. The molecule has 1 saturated heterocycles. The van der Waals surface area contributed by atoms with Gasteiger partial charge in [0.25, 0.3) is 5.56 Å². The summed E-state index contributed by atoms with van der Waals surface area (Å²) >= 11 is 0. The maximum absolute atomic E-state index is 11.5. The fraction of sp³-hybridized carbons (Fsp3) is 0.500. The van der Waals surface area contributed by atoms with Crippen LogP contribution in [0.15, 0.2) is 27.0 Å². The van der Waals surface area contributed by atoms with Gasteiger partial charge in [-0.25, -0.2) is 4.79 Å². The standard InChI is InChI=1S/C8H9N5O5/c9-12-11-6-4(15)5(16)7(18-6)13-2-1-3(14)10-8(13)17/h1-2,4-7,15-16H,(H,10,14,17)/t4-,5+,6+,7+/m0/s1. The minimum atomic E-state index is -1.45. The molecule has 0 unspecified atom stereocenters. The average molecular weight is 255 g/mol. The number of H-pyrrole nitrogens is 1. The summed E-state index contributed by atoms with van der Waals surface area (Å²) in [4.78, 5) is 26.8. The Morgan fingerprint density at radius 3 is 2.78 bits per heavy atom. The van der Waals surface area contributed by atoms with Crippen molar-refractivity contribution in [3.63, 3.8) is 0 Å². The van der Waals surface area contributed by atoms with Crippen LogP contribution in [0.2, 0.25) is 0 Å². The van der Waals surface area contributed by atoms with E-state index in [1.165, 1.54) is 0 Å². The lowest BCUT2D eigenvalue weighted by atomic mass is 10.2. The minimum absolute atomic E-state index is 0.601. The van der Waals surface area contributed by atoms with Crippen LogP contribution in [0, 0.1) is 0 Å². The summed E-state index contributed by atoms with van der Waals surface area (Å²) in [5, 5.41) is 22.4. The second-order valence-electron chi connectivity index (χ2n) is 3.62. The molecule has 1 fully saturated rings. The second kappa shape index (κ2) is 4.63. The van der Waals surface area contributed by atoms with E-state index in [4.69, 9.17) is 10.3 Å². The van der Waals surface area contributed by atoms with Gasteiger partial charge in [-0.15, -0.1) is 0 Å². The molecule has 2 heterocycles. The largest absolute Gasteiger partial charge is 0.387 e. The highest BCUT2D eigenvalue weighted by molar-refractivity contribution is 4.92. The van der Waals surface area contributed by atoms with E-state index in [-0.39, 0.29) is 0 Å². The molecule has 2 rings (SSSR count). The molecule has 1 aromatic heterocycles. The lowest BCUT2D eigenvalue weighted by Gasteiger charge is -2.16. The van der Waals surface area contributed by atoms with Crippen LogP contribution in [0.3, 0.4) is 0 Å². The average Bonchev–Trinajstić information content (AvgIpc) is 2.58. The zero-order chi connectivity index (χ0) is 13.3. The molecule has 0 saturated carbocycles. The van der Waals surface area contributed by atoms with Gasteiger partial charge in [0, 0.05) is 17.2 Å². The number of azide groups is 1. The van der Waals surface area contributed by atoms with Crippen molar-refractivity contribution < 1.29 is 14.9 Å². The minimum Gasteiger partial charge on any atom is -0.387 e. The number of aromatic amines is 1. The summed E-state index contributed by atoms with van der Waals surface area (Å²) in [5.41, 5.74) is 6.84. The Balaban J connectivity index is 2.37. The lowest BCUT2D eigenvalue weighted by Crippen LogP contribution is -2.37. The van der Waals surface area contributed by atoms with Crippen molar-refractivity contribution in [2.75, 3.05) is 0 Å². The van der Waals surface area contributed by atoms with Crippen molar-refractivity contribution in [1.82, 2.24) is 9.55 Å². The first kappa shape index (κ1) is 12.3. The third-order valence-corrected chi connectivity index (χ3v) is 2.50. The van der Waals surface area contributed by atoms with Crippen molar-refractivity contribution in [1.29, 1.82) is 0 Å². The Bertz CT molecular complexity index is 602. The molecular formula is C8H9N5O5. The quantitative estimate of drug-likeness (QED) is 0.330. The Hall–Kier alpha value is -2.13. The van der Waals surface area contributed by atoms with Crippen LogP contribution in [-0.4, -0.2) is 38.2 Å². The molecule has 3 N–H and O–H groups in total. The number of hydrogen-bond donors (Lipinski definition) is 3. The van der Waals surface area contributed by atoms with E-state index in [0.29, 0.717) is 0 Å². The summed E-state index contributed by atoms with van der Waals surface area (Å²) in [6.45, 7) is 0. The number of aromatic nitrogens is 2. The van der Waals surface area contributed by atoms with Gasteiger partial charge in [0.1, 0.15) is 12.2 Å². The van der Waals surface area contributed by atoms with Crippen LogP contribution in [0.25, 0.3) is 10.4 Å². The highest BCUT2D eigenvalue weighted by Gasteiger charge is 2.43. The van der Waals surface area contributed by atoms with Gasteiger partial charge in [0.15, 0.2) is 12.5 Å². The highest BCUT2D eigenvalue weighted by Crippen LogP contribution is 2.28. The smallest absolute Gasteiger partial charge is 0.330 e. The first-order valence-corrected chi connectivity index (χ1v) is 4.92. The number of aliphatic hydroxyl groups excluding tert-OH is 2. The number of nitrogens with one attached hydrogen (secondary N) is 1. The van der Waals surface area contributed by atoms with Crippen LogP contribution in [0.4, 0.5) is 0 Å². The molecule has 1 aromatic rings. The highest BCUT2D eigenvalue weighted by atomic mass is 16.6. The number of ether oxygens (including phenoxy) is 1. The van der Waals surface area contributed by atoms with E-state index in [1.807, 2.05) is 4.98 Å². The van der Waals surface area contributed by atoms with Gasteiger partial charge in [-0.2, -0.15) is 0 Å². The van der Waals surface area contributed by atoms with Crippen LogP contribution in [0.1, 0.15) is 6.23 Å². The number of hydrogen-bond acceptors (Lipinski definition) is 6. The van der Waals surface area contributed by atoms with Gasteiger partial charge in [-0.3, -0.25) is 14.3 Å². The number of rotatable bonds is 2. The van der Waals surface area contributed by atoms with Gasteiger partial charge in [0.2, 0.25) is 0 Å². The first-order chi connectivity index (χ1) is 8.54. The molecule has 0 spiro atoms. The van der Waals surface area contributed by atoms with Crippen molar-refractivity contribution in [3.8, 4) is 0 Å². The normalized spacial score (nSPS) is 31.0. The molecule has 10 heteroatoms. The van der Waals surface area contributed by atoms with E-state index >= 15 is 0 Å². The molecule has 1 aliphatic rings. The maximum atomic E-state index is 11.5. The molecule has 0 aliphatic carbocycles. The van der Waals surface area contributed by atoms with Crippen LogP contribution in [0.5, 0.6) is 0 Å². The van der Waals surface area contributed by atoms with Crippen molar-refractivity contribution in [2.24, 2.45) is 5.11 Å². The predicted octanol–water partition coefficient (Wildman–Crippen LogP) is -1.58. The van der Waals surface area contributed by atoms with E-state index in [2.05, 4.69) is 10.0 Å². The first-order valence-electron chi connectivity index (χ1n) is 4.92. The topological polar surface area (TPSA) is 153 Å². The zero-order valence-electron chi connectivity index (χ0n) is 8.87. The monoisotopic (exact) mass is 255 g/mol. The summed E-state index contributed by atoms with van der Waals surface area (Å²) in [7, 11) is 0. The fourth-order valence-electron chi connectivity index (χ4n) is 1.65. The van der Waals surface area contributed by atoms with E-state index in [1.54, 1.807) is 0 Å². The van der Waals surface area contributed by atoms with Gasteiger partial charge >= 0.3 is 5.69 Å². The molecule has 96 valence electrons. The predicted molar refractivity (Wildman–Crippen MR) is 56.4 cm³/mol. The van der Waals surface area contributed by atoms with Crippen molar-refractivity contribution in [3.05, 3.63) is 43.5 Å². The summed E-state index contributed by atoms with van der Waals surface area (Å²) in [5.74, 6) is 0. The number of aliphatic hydroxyl groups is 2. The molecular weight excluding hydrogens is 246 g/mol. The molecule has 10 nitrogen and oxygen atoms in total. The lowest BCUT2D eigenvalue weighted by molar-refractivity contribution is -0.0378. The number of nitrogens with zero attached hydrogens (tertiary/aromatic N) is 4. The molecule has 0 amide bonds. The van der Waals surface area contributed by atoms with Gasteiger partial charge in [0.05, 0.1) is 0 Å². The fourth-order valence-corrected chi connectivity index (χ4v) is 1.65. The SMILES string of the molecule is [N-]=[N+]=N[C@@H]1O[C@@H](n2ccc(=O)[nH]c2=O)[C@H](O)[C@@H]1O. The molecule has 18 heavy (non-hydrogen) atoms. The Morgan fingerprint density at radius 2 is 2.17 bits per heavy atom. The van der Waals surface area contributed by atoms with Crippen molar-refractivity contribution >= 4 is 0 Å². The van der Waals surface area contributed by atoms with E-state index in [9.17, 15) is 19.8 Å². The Labute approximate surface area is 98.7 Å². The van der Waals surface area contributed by atoms with Gasteiger partial charge < -0.3 is 14.9 Å². The van der Waals surface area contributed by atoms with Crippen LogP contribution < -0.4 is 11.2 Å². The molecule has 0 aromatic carbocycles. The van der Waals surface area contributed by atoms with E-state index < -0.39 is 35.9 Å². The summed E-state index contributed by atoms with van der Waals surface area (Å²) in [6.07, 6.45) is -4.33. The van der Waals surface area contributed by atoms with Crippen LogP contribution >= 0.6 is 0 Å². The molecule has 4 atom stereocenters. The second-order valence-corrected chi connectivity index (χ2v) is 3.62. The third kappa shape index (κ3) is 2.00. The van der Waals surface area contributed by atoms with Gasteiger partial charge in [-0.1, -0.05) is 5.11 Å². The van der Waals surface area contributed by atoms with Crippen LogP contribution in [-0.2, 0) is 4.74 Å². The van der Waals surface area contributed by atoms with Gasteiger partial charge in [-0.05, 0) is 5.53 Å². The third-order valence-electron chi connectivity index (χ3n) is 2.50. The summed E-state index contributed by atoms with van der Waals surface area (Å²) in [6, 6.07) is 1.06. The van der Waals surface area contributed by atoms with Crippen molar-refractivity contribution in [2.45, 2.75) is 24.7 Å². The molecule has 0 radical (unpaired) electrons. The maximum Gasteiger partial charge on any atom is 0.330 e. The Kier molecular flexibility index (Phi) is 3.17. The summed E-state index contributed by atoms with van der Waals surface area (Å²) < 4.78 is 5.94. The zero-order valence-corrected chi connectivity index (χ0v) is 8.87. The van der Waals surface area contributed by atoms with E-state index in [0.717, 1.165) is 16.8 Å². The molecule has 0 bridgehead atoms.